The lowest BCUT2D eigenvalue weighted by Gasteiger charge is -2.13. The molecule has 1 rings (SSSR count). The van der Waals surface area contributed by atoms with E-state index in [4.69, 9.17) is 16.7 Å². The van der Waals surface area contributed by atoms with Crippen molar-refractivity contribution >= 4 is 17.6 Å². The highest BCUT2D eigenvalue weighted by molar-refractivity contribution is 6.30. The van der Waals surface area contributed by atoms with Crippen LogP contribution in [0.15, 0.2) is 24.3 Å². The maximum Gasteiger partial charge on any atom is 0.304 e. The molecule has 0 fully saturated rings. The molecule has 4 heteroatoms. The van der Waals surface area contributed by atoms with Gasteiger partial charge in [0.2, 0.25) is 0 Å². The van der Waals surface area contributed by atoms with Gasteiger partial charge in [0, 0.05) is 17.6 Å². The van der Waals surface area contributed by atoms with Gasteiger partial charge in [0.1, 0.15) is 0 Å². The fourth-order valence-corrected chi connectivity index (χ4v) is 1.49. The van der Waals surface area contributed by atoms with E-state index in [0.717, 1.165) is 5.56 Å². The monoisotopic (exact) mass is 227 g/mol. The summed E-state index contributed by atoms with van der Waals surface area (Å²) in [6, 6.07) is 7.65. The zero-order chi connectivity index (χ0) is 11.3. The number of hydrogen-bond donors (Lipinski definition) is 2. The van der Waals surface area contributed by atoms with E-state index in [1.54, 1.807) is 0 Å². The van der Waals surface area contributed by atoms with Crippen molar-refractivity contribution in [2.75, 3.05) is 6.54 Å². The molecule has 15 heavy (non-hydrogen) atoms. The Bertz CT molecular complexity index is 341. The molecule has 3 nitrogen and oxygen atoms in total. The third kappa shape index (κ3) is 4.32. The molecule has 82 valence electrons. The second-order valence-electron chi connectivity index (χ2n) is 3.37. The van der Waals surface area contributed by atoms with Crippen molar-refractivity contribution < 1.29 is 9.90 Å². The summed E-state index contributed by atoms with van der Waals surface area (Å²) in [5, 5.41) is 12.3. The highest BCUT2D eigenvalue weighted by atomic mass is 35.5. The lowest BCUT2D eigenvalue weighted by atomic mass is 10.1. The van der Waals surface area contributed by atoms with Gasteiger partial charge in [-0.2, -0.15) is 0 Å². The van der Waals surface area contributed by atoms with Gasteiger partial charge < -0.3 is 10.4 Å². The highest BCUT2D eigenvalue weighted by Gasteiger charge is 2.05. The van der Waals surface area contributed by atoms with Crippen LogP contribution < -0.4 is 5.32 Å². The molecule has 0 heterocycles. The summed E-state index contributed by atoms with van der Waals surface area (Å²) in [5.41, 5.74) is 1.06. The van der Waals surface area contributed by atoms with Crippen molar-refractivity contribution in [3.8, 4) is 0 Å². The molecule has 0 aliphatic rings. The molecule has 1 aromatic rings. The second kappa shape index (κ2) is 5.73. The van der Waals surface area contributed by atoms with Gasteiger partial charge in [-0.25, -0.2) is 0 Å². The van der Waals surface area contributed by atoms with Gasteiger partial charge in [-0.1, -0.05) is 23.7 Å². The molecule has 0 aliphatic heterocycles. The summed E-state index contributed by atoms with van der Waals surface area (Å²) >= 11 is 5.85. The Morgan fingerprint density at radius 2 is 2.33 bits per heavy atom. The van der Waals surface area contributed by atoms with Gasteiger partial charge in [-0.3, -0.25) is 4.79 Å². The zero-order valence-electron chi connectivity index (χ0n) is 8.53. The fourth-order valence-electron chi connectivity index (χ4n) is 1.29. The summed E-state index contributed by atoms with van der Waals surface area (Å²) in [4.78, 5) is 10.3. The van der Waals surface area contributed by atoms with Crippen LogP contribution in [-0.2, 0) is 4.79 Å². The van der Waals surface area contributed by atoms with Crippen molar-refractivity contribution in [3.05, 3.63) is 34.9 Å². The SMILES string of the molecule is C[C@@H](NCCC(=O)O)c1cccc(Cl)c1. The van der Waals surface area contributed by atoms with Gasteiger partial charge in [0.15, 0.2) is 0 Å². The second-order valence-corrected chi connectivity index (χ2v) is 3.81. The van der Waals surface area contributed by atoms with Gasteiger partial charge in [0.25, 0.3) is 0 Å². The molecule has 0 saturated heterocycles. The summed E-state index contributed by atoms with van der Waals surface area (Å²) in [6.45, 7) is 2.44. The van der Waals surface area contributed by atoms with Crippen molar-refractivity contribution in [1.29, 1.82) is 0 Å². The van der Waals surface area contributed by atoms with Crippen LogP contribution in [0, 0.1) is 0 Å². The number of nitrogens with one attached hydrogen (secondary N) is 1. The first kappa shape index (κ1) is 12.0. The summed E-state index contributed by atoms with van der Waals surface area (Å²) in [6.07, 6.45) is 0.130. The van der Waals surface area contributed by atoms with Crippen LogP contribution in [-0.4, -0.2) is 17.6 Å². The molecular formula is C11H14ClNO2. The number of benzene rings is 1. The molecule has 0 aliphatic carbocycles. The van der Waals surface area contributed by atoms with E-state index in [-0.39, 0.29) is 12.5 Å². The molecule has 0 saturated carbocycles. The quantitative estimate of drug-likeness (QED) is 0.813. The molecule has 1 aromatic carbocycles. The average Bonchev–Trinajstić information content (AvgIpc) is 2.17. The van der Waals surface area contributed by atoms with E-state index in [1.807, 2.05) is 31.2 Å². The molecule has 2 N–H and O–H groups in total. The molecule has 0 aromatic heterocycles. The van der Waals surface area contributed by atoms with Crippen LogP contribution in [0.3, 0.4) is 0 Å². The van der Waals surface area contributed by atoms with E-state index < -0.39 is 5.97 Å². The molecular weight excluding hydrogens is 214 g/mol. The largest absolute Gasteiger partial charge is 0.481 e. The van der Waals surface area contributed by atoms with Crippen molar-refractivity contribution in [1.82, 2.24) is 5.32 Å². The van der Waals surface area contributed by atoms with Crippen molar-refractivity contribution in [2.24, 2.45) is 0 Å². The minimum absolute atomic E-state index is 0.114. The molecule has 0 amide bonds. The smallest absolute Gasteiger partial charge is 0.304 e. The third-order valence-corrected chi connectivity index (χ3v) is 2.37. The maximum atomic E-state index is 10.3. The first-order chi connectivity index (χ1) is 7.09. The molecule has 0 spiro atoms. The molecule has 0 unspecified atom stereocenters. The average molecular weight is 228 g/mol. The number of hydrogen-bond acceptors (Lipinski definition) is 2. The van der Waals surface area contributed by atoms with Crippen LogP contribution in [0.4, 0.5) is 0 Å². The van der Waals surface area contributed by atoms with Gasteiger partial charge >= 0.3 is 5.97 Å². The third-order valence-electron chi connectivity index (χ3n) is 2.14. The number of carboxylic acid groups (broad SMARTS) is 1. The summed E-state index contributed by atoms with van der Waals surface area (Å²) < 4.78 is 0. The number of carbonyl (C=O) groups is 1. The first-order valence-corrected chi connectivity index (χ1v) is 5.18. The van der Waals surface area contributed by atoms with Crippen LogP contribution in [0.1, 0.15) is 24.9 Å². The Labute approximate surface area is 94.1 Å². The number of carboxylic acids is 1. The molecule has 1 atom stereocenters. The first-order valence-electron chi connectivity index (χ1n) is 4.80. The molecule has 0 radical (unpaired) electrons. The Morgan fingerprint density at radius 1 is 1.60 bits per heavy atom. The minimum atomic E-state index is -0.791. The Hall–Kier alpha value is -1.06. The Balaban J connectivity index is 2.46. The summed E-state index contributed by atoms with van der Waals surface area (Å²) in [7, 11) is 0. The zero-order valence-corrected chi connectivity index (χ0v) is 9.29. The van der Waals surface area contributed by atoms with Gasteiger partial charge in [-0.05, 0) is 24.6 Å². The van der Waals surface area contributed by atoms with Crippen LogP contribution in [0.2, 0.25) is 5.02 Å². The lowest BCUT2D eigenvalue weighted by Crippen LogP contribution is -2.21. The van der Waals surface area contributed by atoms with E-state index in [0.29, 0.717) is 11.6 Å². The Kier molecular flexibility index (Phi) is 4.59. The van der Waals surface area contributed by atoms with Gasteiger partial charge in [0.05, 0.1) is 6.42 Å². The summed E-state index contributed by atoms with van der Waals surface area (Å²) in [5.74, 6) is -0.791. The lowest BCUT2D eigenvalue weighted by molar-refractivity contribution is -0.136. The Morgan fingerprint density at radius 3 is 2.93 bits per heavy atom. The van der Waals surface area contributed by atoms with E-state index in [9.17, 15) is 4.79 Å². The van der Waals surface area contributed by atoms with Gasteiger partial charge in [-0.15, -0.1) is 0 Å². The number of aliphatic carboxylic acids is 1. The maximum absolute atomic E-state index is 10.3. The van der Waals surface area contributed by atoms with E-state index in [2.05, 4.69) is 5.32 Å². The number of halogens is 1. The normalized spacial score (nSPS) is 12.4. The minimum Gasteiger partial charge on any atom is -0.481 e. The molecule has 0 bridgehead atoms. The van der Waals surface area contributed by atoms with Crippen LogP contribution >= 0.6 is 11.6 Å². The van der Waals surface area contributed by atoms with Crippen LogP contribution in [0.25, 0.3) is 0 Å². The predicted molar refractivity (Wildman–Crippen MR) is 60.1 cm³/mol. The van der Waals surface area contributed by atoms with E-state index in [1.165, 1.54) is 0 Å². The standard InChI is InChI=1S/C11H14ClNO2/c1-8(13-6-5-11(14)15)9-3-2-4-10(12)7-9/h2-4,7-8,13H,5-6H2,1H3,(H,14,15)/t8-/m1/s1. The highest BCUT2D eigenvalue weighted by Crippen LogP contribution is 2.16. The van der Waals surface area contributed by atoms with Crippen molar-refractivity contribution in [2.45, 2.75) is 19.4 Å². The van der Waals surface area contributed by atoms with Crippen molar-refractivity contribution in [3.63, 3.8) is 0 Å². The predicted octanol–water partition coefficient (Wildman–Crippen LogP) is 2.47. The van der Waals surface area contributed by atoms with E-state index >= 15 is 0 Å². The number of rotatable bonds is 5. The van der Waals surface area contributed by atoms with Crippen LogP contribution in [0.5, 0.6) is 0 Å². The topological polar surface area (TPSA) is 49.3 Å². The fraction of sp³-hybridized carbons (Fsp3) is 0.364.